The van der Waals surface area contributed by atoms with Crippen molar-refractivity contribution in [1.82, 2.24) is 5.01 Å². The van der Waals surface area contributed by atoms with Crippen LogP contribution in [0.3, 0.4) is 0 Å². The van der Waals surface area contributed by atoms with E-state index in [-0.39, 0.29) is 31.0 Å². The molecule has 0 saturated carbocycles. The minimum atomic E-state index is 0. The van der Waals surface area contributed by atoms with Crippen LogP contribution in [0.25, 0.3) is 0 Å². The molecule has 0 aliphatic heterocycles. The first-order chi connectivity index (χ1) is 7.79. The molecule has 0 N–H and O–H groups in total. The van der Waals surface area contributed by atoms with Crippen LogP contribution in [0.1, 0.15) is 1.43 Å². The molecule has 0 bridgehead atoms. The number of hydrazine groups is 1. The molecule has 3 heteroatoms. The molecular formula is C14H17N2Na. The largest absolute Gasteiger partial charge is 1.00 e. The molecule has 2 nitrogen and oxygen atoms in total. The van der Waals surface area contributed by atoms with Crippen molar-refractivity contribution in [2.75, 3.05) is 19.1 Å². The molecule has 2 aromatic rings. The van der Waals surface area contributed by atoms with Crippen molar-refractivity contribution < 1.29 is 31.0 Å². The Labute approximate surface area is 127 Å². The second-order valence-electron chi connectivity index (χ2n) is 3.83. The van der Waals surface area contributed by atoms with E-state index in [1.807, 2.05) is 26.2 Å². The van der Waals surface area contributed by atoms with Crippen molar-refractivity contribution >= 4 is 11.4 Å². The van der Waals surface area contributed by atoms with Crippen LogP contribution in [-0.2, 0) is 0 Å². The molecule has 0 spiro atoms. The normalized spacial score (nSPS) is 9.82. The van der Waals surface area contributed by atoms with E-state index in [4.69, 9.17) is 0 Å². The molecule has 17 heavy (non-hydrogen) atoms. The number of hydrogen-bond donors (Lipinski definition) is 0. The van der Waals surface area contributed by atoms with E-state index in [1.54, 1.807) is 0 Å². The molecule has 0 saturated heterocycles. The first kappa shape index (κ1) is 14.3. The average molecular weight is 236 g/mol. The quantitative estimate of drug-likeness (QED) is 0.563. The van der Waals surface area contributed by atoms with Gasteiger partial charge in [0, 0.05) is 14.1 Å². The number of benzene rings is 2. The fourth-order valence-electron chi connectivity index (χ4n) is 1.75. The van der Waals surface area contributed by atoms with Gasteiger partial charge in [0.05, 0.1) is 11.4 Å². The van der Waals surface area contributed by atoms with Gasteiger partial charge in [-0.3, -0.25) is 5.01 Å². The number of hydrogen-bond acceptors (Lipinski definition) is 2. The van der Waals surface area contributed by atoms with Crippen LogP contribution < -0.4 is 34.6 Å². The zero-order chi connectivity index (χ0) is 11.4. The molecule has 0 aliphatic carbocycles. The SMILES string of the molecule is CN(C)N(c1ccccc1)c1ccccc1.[H-].[Na+]. The van der Waals surface area contributed by atoms with Gasteiger partial charge in [0.25, 0.3) is 0 Å². The minimum absolute atomic E-state index is 0. The molecule has 0 fully saturated rings. The molecule has 2 rings (SSSR count). The van der Waals surface area contributed by atoms with Gasteiger partial charge >= 0.3 is 29.6 Å². The Kier molecular flexibility index (Phi) is 5.72. The summed E-state index contributed by atoms with van der Waals surface area (Å²) in [6.07, 6.45) is 0. The minimum Gasteiger partial charge on any atom is -1.00 e. The number of anilines is 2. The smallest absolute Gasteiger partial charge is 1.00 e. The maximum absolute atomic E-state index is 2.17. The first-order valence-electron chi connectivity index (χ1n) is 5.36. The topological polar surface area (TPSA) is 6.48 Å². The van der Waals surface area contributed by atoms with Gasteiger partial charge in [0.2, 0.25) is 0 Å². The van der Waals surface area contributed by atoms with Crippen molar-refractivity contribution in [3.63, 3.8) is 0 Å². The fraction of sp³-hybridized carbons (Fsp3) is 0.143. The average Bonchev–Trinajstić information content (AvgIpc) is 2.31. The Balaban J connectivity index is 0.00000144. The van der Waals surface area contributed by atoms with Gasteiger partial charge in [-0.15, -0.1) is 0 Å². The van der Waals surface area contributed by atoms with Crippen LogP contribution in [0.2, 0.25) is 0 Å². The van der Waals surface area contributed by atoms with Crippen molar-refractivity contribution in [2.45, 2.75) is 0 Å². The maximum Gasteiger partial charge on any atom is 1.00 e. The molecule has 0 radical (unpaired) electrons. The number of para-hydroxylation sites is 2. The summed E-state index contributed by atoms with van der Waals surface area (Å²) in [6.45, 7) is 0. The molecule has 2 aromatic carbocycles. The molecular weight excluding hydrogens is 219 g/mol. The van der Waals surface area contributed by atoms with Crippen molar-refractivity contribution in [3.05, 3.63) is 60.7 Å². The second-order valence-corrected chi connectivity index (χ2v) is 3.83. The van der Waals surface area contributed by atoms with Crippen LogP contribution in [-0.4, -0.2) is 19.1 Å². The summed E-state index contributed by atoms with van der Waals surface area (Å²) in [4.78, 5) is 0. The van der Waals surface area contributed by atoms with Crippen LogP contribution in [0.15, 0.2) is 60.7 Å². The van der Waals surface area contributed by atoms with Crippen molar-refractivity contribution in [2.24, 2.45) is 0 Å². The van der Waals surface area contributed by atoms with E-state index in [2.05, 4.69) is 58.5 Å². The van der Waals surface area contributed by atoms with Crippen molar-refractivity contribution in [1.29, 1.82) is 0 Å². The Hall–Kier alpha value is -0.800. The third kappa shape index (κ3) is 3.58. The van der Waals surface area contributed by atoms with Crippen LogP contribution in [0, 0.1) is 0 Å². The van der Waals surface area contributed by atoms with Gasteiger partial charge < -0.3 is 1.43 Å². The van der Waals surface area contributed by atoms with E-state index < -0.39 is 0 Å². The predicted octanol–water partition coefficient (Wildman–Crippen LogP) is 0.418. The summed E-state index contributed by atoms with van der Waals surface area (Å²) in [5.74, 6) is 0. The first-order valence-corrected chi connectivity index (χ1v) is 5.36. The Morgan fingerprint density at radius 1 is 0.706 bits per heavy atom. The van der Waals surface area contributed by atoms with Gasteiger partial charge in [-0.2, -0.15) is 0 Å². The van der Waals surface area contributed by atoms with E-state index in [0.717, 1.165) is 0 Å². The van der Waals surface area contributed by atoms with Gasteiger partial charge in [0.15, 0.2) is 0 Å². The predicted molar refractivity (Wildman–Crippen MR) is 69.8 cm³/mol. The van der Waals surface area contributed by atoms with Gasteiger partial charge in [0.1, 0.15) is 0 Å². The molecule has 0 heterocycles. The molecule has 0 unspecified atom stereocenters. The van der Waals surface area contributed by atoms with Crippen LogP contribution >= 0.6 is 0 Å². The molecule has 84 valence electrons. The molecule has 0 aromatic heterocycles. The second kappa shape index (κ2) is 6.82. The van der Waals surface area contributed by atoms with E-state index >= 15 is 0 Å². The Bertz CT molecular complexity index is 395. The molecule has 0 atom stereocenters. The van der Waals surface area contributed by atoms with Gasteiger partial charge in [-0.25, -0.2) is 5.01 Å². The maximum atomic E-state index is 2.17. The van der Waals surface area contributed by atoms with Crippen molar-refractivity contribution in [3.8, 4) is 0 Å². The van der Waals surface area contributed by atoms with Gasteiger partial charge in [-0.05, 0) is 24.3 Å². The molecule has 0 aliphatic rings. The van der Waals surface area contributed by atoms with Crippen LogP contribution in [0.5, 0.6) is 0 Å². The van der Waals surface area contributed by atoms with Gasteiger partial charge in [-0.1, -0.05) is 36.4 Å². The van der Waals surface area contributed by atoms with E-state index in [0.29, 0.717) is 0 Å². The van der Waals surface area contributed by atoms with E-state index in [9.17, 15) is 0 Å². The summed E-state index contributed by atoms with van der Waals surface area (Å²) in [5, 5.41) is 4.24. The number of rotatable bonds is 3. The zero-order valence-electron chi connectivity index (χ0n) is 11.7. The summed E-state index contributed by atoms with van der Waals surface area (Å²) in [7, 11) is 4.08. The summed E-state index contributed by atoms with van der Waals surface area (Å²) in [6, 6.07) is 20.7. The van der Waals surface area contributed by atoms with E-state index in [1.165, 1.54) is 11.4 Å². The third-order valence-electron chi connectivity index (χ3n) is 2.40. The standard InChI is InChI=1S/C14H16N2.Na.H/c1-15(2)16(13-9-5-3-6-10-13)14-11-7-4-8-12-14;;/h3-12H,1-2H3;;/q;+1;-1. The van der Waals surface area contributed by atoms with Crippen LogP contribution in [0.4, 0.5) is 11.4 Å². The third-order valence-corrected chi connectivity index (χ3v) is 2.40. The number of nitrogens with zero attached hydrogens (tertiary/aromatic N) is 2. The fourth-order valence-corrected chi connectivity index (χ4v) is 1.75. The monoisotopic (exact) mass is 236 g/mol. The summed E-state index contributed by atoms with van der Waals surface area (Å²) in [5.41, 5.74) is 2.33. The molecule has 0 amide bonds. The summed E-state index contributed by atoms with van der Waals surface area (Å²) < 4.78 is 0. The Morgan fingerprint density at radius 2 is 1.06 bits per heavy atom. The Morgan fingerprint density at radius 3 is 1.35 bits per heavy atom. The zero-order valence-corrected chi connectivity index (χ0v) is 12.7. The summed E-state index contributed by atoms with van der Waals surface area (Å²) >= 11 is 0.